The maximum Gasteiger partial charge on any atom is 0.274 e. The highest BCUT2D eigenvalue weighted by Crippen LogP contribution is 2.41. The first-order valence-corrected chi connectivity index (χ1v) is 14.9. The van der Waals surface area contributed by atoms with Crippen molar-refractivity contribution >= 4 is 12.2 Å². The van der Waals surface area contributed by atoms with Crippen molar-refractivity contribution in [2.24, 2.45) is 0 Å². The third-order valence-electron chi connectivity index (χ3n) is 7.38. The Morgan fingerprint density at radius 1 is 0.818 bits per heavy atom. The number of hydrogen-bond donors (Lipinski definition) is 0. The van der Waals surface area contributed by atoms with Crippen LogP contribution in [0, 0.1) is 0 Å². The van der Waals surface area contributed by atoms with Crippen molar-refractivity contribution in [2.45, 2.75) is 19.6 Å². The molecule has 44 heavy (non-hydrogen) atoms. The van der Waals surface area contributed by atoms with Crippen molar-refractivity contribution in [3.63, 3.8) is 0 Å². The number of ether oxygens (including phenoxy) is 4. The van der Waals surface area contributed by atoms with Gasteiger partial charge in [0.25, 0.3) is 5.91 Å². The average molecular weight is 598 g/mol. The van der Waals surface area contributed by atoms with Gasteiger partial charge in [0.1, 0.15) is 24.7 Å². The molecular formula is C35H39N3O6. The van der Waals surface area contributed by atoms with Crippen molar-refractivity contribution in [1.82, 2.24) is 14.4 Å². The van der Waals surface area contributed by atoms with Crippen molar-refractivity contribution < 1.29 is 28.5 Å². The summed E-state index contributed by atoms with van der Waals surface area (Å²) in [6.45, 7) is 5.39. The molecule has 9 nitrogen and oxygen atoms in total. The molecule has 1 saturated heterocycles. The molecule has 0 aliphatic carbocycles. The van der Waals surface area contributed by atoms with Crippen molar-refractivity contribution in [2.75, 3.05) is 53.6 Å². The normalized spacial score (nSPS) is 13.3. The third-order valence-corrected chi connectivity index (χ3v) is 7.38. The van der Waals surface area contributed by atoms with E-state index in [0.717, 1.165) is 50.4 Å². The summed E-state index contributed by atoms with van der Waals surface area (Å²) in [6, 6.07) is 26.7. The second-order valence-electron chi connectivity index (χ2n) is 10.7. The summed E-state index contributed by atoms with van der Waals surface area (Å²) in [7, 11) is 3.33. The number of benzene rings is 3. The molecule has 3 aromatic carbocycles. The van der Waals surface area contributed by atoms with Crippen LogP contribution in [0.25, 0.3) is 5.69 Å². The summed E-state index contributed by atoms with van der Waals surface area (Å²) in [5, 5.41) is 0. The molecule has 0 bridgehead atoms. The zero-order valence-electron chi connectivity index (χ0n) is 25.3. The van der Waals surface area contributed by atoms with E-state index in [9.17, 15) is 9.59 Å². The molecule has 2 heterocycles. The molecule has 5 rings (SSSR count). The minimum absolute atomic E-state index is 0.188. The van der Waals surface area contributed by atoms with Crippen LogP contribution in [0.3, 0.4) is 0 Å². The molecular weight excluding hydrogens is 558 g/mol. The molecule has 0 saturated carbocycles. The highest BCUT2D eigenvalue weighted by atomic mass is 16.5. The Balaban J connectivity index is 1.45. The van der Waals surface area contributed by atoms with Gasteiger partial charge in [0.15, 0.2) is 23.5 Å². The fourth-order valence-electron chi connectivity index (χ4n) is 5.05. The van der Waals surface area contributed by atoms with Crippen molar-refractivity contribution in [3.05, 3.63) is 107 Å². The second-order valence-corrected chi connectivity index (χ2v) is 10.7. The molecule has 1 aromatic heterocycles. The van der Waals surface area contributed by atoms with Crippen LogP contribution >= 0.6 is 0 Å². The summed E-state index contributed by atoms with van der Waals surface area (Å²) in [5.41, 5.74) is 2.84. The zero-order chi connectivity index (χ0) is 30.7. The molecule has 230 valence electrons. The first kappa shape index (κ1) is 30.8. The maximum absolute atomic E-state index is 13.7. The molecule has 0 unspecified atom stereocenters. The molecule has 1 amide bonds. The SMILES string of the molecule is CN(C)C(=O)c1c(OCc2ccccc2)c(OCc2ccccc2)c(C=O)n1-c1ccc(OCCCN2CCOCC2)cc1. The van der Waals surface area contributed by atoms with E-state index >= 15 is 0 Å². The summed E-state index contributed by atoms with van der Waals surface area (Å²) in [4.78, 5) is 30.3. The van der Waals surface area contributed by atoms with E-state index in [0.29, 0.717) is 24.3 Å². The summed E-state index contributed by atoms with van der Waals surface area (Å²) in [5.74, 6) is 0.814. The summed E-state index contributed by atoms with van der Waals surface area (Å²) < 4.78 is 25.6. The van der Waals surface area contributed by atoms with Crippen LogP contribution in [0.15, 0.2) is 84.9 Å². The van der Waals surface area contributed by atoms with Gasteiger partial charge in [-0.2, -0.15) is 0 Å². The number of rotatable bonds is 14. The van der Waals surface area contributed by atoms with Gasteiger partial charge in [0.2, 0.25) is 0 Å². The highest BCUT2D eigenvalue weighted by Gasteiger charge is 2.32. The molecule has 1 aliphatic rings. The molecule has 9 heteroatoms. The number of hydrogen-bond acceptors (Lipinski definition) is 7. The zero-order valence-corrected chi connectivity index (χ0v) is 25.3. The lowest BCUT2D eigenvalue weighted by Gasteiger charge is -2.26. The smallest absolute Gasteiger partial charge is 0.274 e. The monoisotopic (exact) mass is 597 g/mol. The van der Waals surface area contributed by atoms with Gasteiger partial charge in [-0.25, -0.2) is 0 Å². The number of morpholine rings is 1. The van der Waals surface area contributed by atoms with E-state index in [1.54, 1.807) is 18.7 Å². The molecule has 4 aromatic rings. The fraction of sp³-hybridized carbons (Fsp3) is 0.314. The van der Waals surface area contributed by atoms with Crippen LogP contribution in [-0.2, 0) is 18.0 Å². The van der Waals surface area contributed by atoms with Gasteiger partial charge in [-0.1, -0.05) is 60.7 Å². The lowest BCUT2D eigenvalue weighted by atomic mass is 10.2. The molecule has 0 N–H and O–H groups in total. The first-order chi connectivity index (χ1) is 21.5. The molecule has 0 spiro atoms. The number of nitrogens with zero attached hydrogens (tertiary/aromatic N) is 3. The van der Waals surface area contributed by atoms with E-state index in [1.807, 2.05) is 84.9 Å². The fourth-order valence-corrected chi connectivity index (χ4v) is 5.05. The van der Waals surface area contributed by atoms with E-state index in [2.05, 4.69) is 4.90 Å². The standard InChI is InChI=1S/C35H39N3O6/c1-36(2)35(40)32-34(44-26-28-12-7-4-8-13-28)33(43-25-27-10-5-3-6-11-27)31(24-39)38(32)29-14-16-30(17-15-29)42-21-9-18-37-19-22-41-23-20-37/h3-8,10-17,24H,9,18-23,25-26H2,1-2H3. The topological polar surface area (TPSA) is 82.5 Å². The molecule has 0 radical (unpaired) electrons. The van der Waals surface area contributed by atoms with Gasteiger partial charge in [-0.3, -0.25) is 19.1 Å². The predicted molar refractivity (Wildman–Crippen MR) is 168 cm³/mol. The summed E-state index contributed by atoms with van der Waals surface area (Å²) in [6.07, 6.45) is 1.61. The summed E-state index contributed by atoms with van der Waals surface area (Å²) >= 11 is 0. The number of aromatic nitrogens is 1. The van der Waals surface area contributed by atoms with Crippen LogP contribution < -0.4 is 14.2 Å². The highest BCUT2D eigenvalue weighted by molar-refractivity contribution is 6.00. The van der Waals surface area contributed by atoms with Gasteiger partial charge in [-0.05, 0) is 41.8 Å². The molecule has 1 fully saturated rings. The Morgan fingerprint density at radius 3 is 1.98 bits per heavy atom. The third kappa shape index (κ3) is 7.67. The number of aldehydes is 1. The van der Waals surface area contributed by atoms with Crippen molar-refractivity contribution in [1.29, 1.82) is 0 Å². The number of carbonyl (C=O) groups excluding carboxylic acids is 2. The van der Waals surface area contributed by atoms with Crippen LogP contribution in [0.5, 0.6) is 17.2 Å². The van der Waals surface area contributed by atoms with Crippen LogP contribution in [-0.4, -0.2) is 80.1 Å². The second kappa shape index (κ2) is 15.2. The van der Waals surface area contributed by atoms with E-state index in [4.69, 9.17) is 18.9 Å². The van der Waals surface area contributed by atoms with Gasteiger partial charge in [0, 0.05) is 39.4 Å². The average Bonchev–Trinajstić information content (AvgIpc) is 3.39. The van der Waals surface area contributed by atoms with Crippen LogP contribution in [0.2, 0.25) is 0 Å². The predicted octanol–water partition coefficient (Wildman–Crippen LogP) is 5.25. The van der Waals surface area contributed by atoms with E-state index in [-0.39, 0.29) is 42.0 Å². The van der Waals surface area contributed by atoms with Gasteiger partial charge < -0.3 is 23.8 Å². The van der Waals surface area contributed by atoms with E-state index in [1.165, 1.54) is 4.90 Å². The van der Waals surface area contributed by atoms with E-state index < -0.39 is 0 Å². The Morgan fingerprint density at radius 2 is 1.41 bits per heavy atom. The van der Waals surface area contributed by atoms with Gasteiger partial charge in [0.05, 0.1) is 19.8 Å². The van der Waals surface area contributed by atoms with Crippen LogP contribution in [0.4, 0.5) is 0 Å². The van der Waals surface area contributed by atoms with Crippen molar-refractivity contribution in [3.8, 4) is 22.9 Å². The molecule has 1 aliphatic heterocycles. The quantitative estimate of drug-likeness (QED) is 0.145. The lowest BCUT2D eigenvalue weighted by molar-refractivity contribution is 0.0358. The minimum Gasteiger partial charge on any atom is -0.494 e. The lowest BCUT2D eigenvalue weighted by Crippen LogP contribution is -2.37. The van der Waals surface area contributed by atoms with Crippen LogP contribution in [0.1, 0.15) is 38.5 Å². The number of carbonyl (C=O) groups is 2. The minimum atomic E-state index is -0.325. The Hall–Kier alpha value is -4.60. The first-order valence-electron chi connectivity index (χ1n) is 14.9. The maximum atomic E-state index is 13.7. The van der Waals surface area contributed by atoms with Gasteiger partial charge in [-0.15, -0.1) is 0 Å². The Labute approximate surface area is 258 Å². The largest absolute Gasteiger partial charge is 0.494 e. The molecule has 0 atom stereocenters. The Kier molecular flexibility index (Phi) is 10.7. The Bertz CT molecular complexity index is 1500. The number of amides is 1. The van der Waals surface area contributed by atoms with Gasteiger partial charge >= 0.3 is 0 Å².